The highest BCUT2D eigenvalue weighted by molar-refractivity contribution is 6.30. The number of fused-ring (bicyclic) bond motifs is 1. The monoisotopic (exact) mass is 252 g/mol. The molecule has 3 atom stereocenters. The molecule has 0 bridgehead atoms. The average Bonchev–Trinajstić information content (AvgIpc) is 2.88. The van der Waals surface area contributed by atoms with Crippen LogP contribution in [-0.2, 0) is 9.59 Å². The number of amides is 2. The highest BCUT2D eigenvalue weighted by atomic mass is 35.5. The highest BCUT2D eigenvalue weighted by Crippen LogP contribution is 2.40. The predicted molar refractivity (Wildman–Crippen MR) is 59.1 cm³/mol. The number of nitrogens with zero attached hydrogens (tertiary/aromatic N) is 4. The number of aliphatic imine (C=N–C) groups is 1. The molecule has 3 aliphatic rings. The molecule has 2 heterocycles. The van der Waals surface area contributed by atoms with Crippen LogP contribution >= 0.6 is 11.6 Å². The molecule has 0 aromatic rings. The van der Waals surface area contributed by atoms with E-state index in [0.717, 1.165) is 4.90 Å². The minimum atomic E-state index is -0.806. The Bertz CT molecular complexity index is 473. The molecule has 17 heavy (non-hydrogen) atoms. The smallest absolute Gasteiger partial charge is 0.246 e. The molecule has 7 heteroatoms. The van der Waals surface area contributed by atoms with Gasteiger partial charge in [-0.05, 0) is 12.8 Å². The van der Waals surface area contributed by atoms with Crippen molar-refractivity contribution in [2.45, 2.75) is 19.1 Å². The molecule has 0 aromatic heterocycles. The van der Waals surface area contributed by atoms with E-state index in [2.05, 4.69) is 15.2 Å². The van der Waals surface area contributed by atoms with Gasteiger partial charge in [0.2, 0.25) is 18.1 Å². The summed E-state index contributed by atoms with van der Waals surface area (Å²) in [5, 5.41) is 7.94. The van der Waals surface area contributed by atoms with Gasteiger partial charge in [-0.25, -0.2) is 9.89 Å². The lowest BCUT2D eigenvalue weighted by molar-refractivity contribution is -0.142. The van der Waals surface area contributed by atoms with Crippen molar-refractivity contribution in [1.82, 2.24) is 4.90 Å². The molecule has 1 fully saturated rings. The Labute approximate surface area is 102 Å². The van der Waals surface area contributed by atoms with Gasteiger partial charge in [0, 0.05) is 5.03 Å². The summed E-state index contributed by atoms with van der Waals surface area (Å²) in [6.07, 6.45) is 3.19. The average molecular weight is 253 g/mol. The first-order valence-electron chi connectivity index (χ1n) is 5.31. The number of halogens is 1. The fourth-order valence-electron chi connectivity index (χ4n) is 2.41. The summed E-state index contributed by atoms with van der Waals surface area (Å²) < 4.78 is 0. The number of carbonyl (C=O) groups excluding carboxylic acids is 2. The Morgan fingerprint density at radius 3 is 2.76 bits per heavy atom. The Balaban J connectivity index is 1.90. The topological polar surface area (TPSA) is 74.5 Å². The lowest BCUT2D eigenvalue weighted by atomic mass is 9.85. The van der Waals surface area contributed by atoms with Gasteiger partial charge in [0.1, 0.15) is 6.34 Å². The van der Waals surface area contributed by atoms with Crippen molar-refractivity contribution < 1.29 is 9.59 Å². The van der Waals surface area contributed by atoms with Crippen LogP contribution in [0.25, 0.3) is 0 Å². The van der Waals surface area contributed by atoms with Crippen molar-refractivity contribution in [3.8, 4) is 0 Å². The molecule has 1 saturated heterocycles. The van der Waals surface area contributed by atoms with Crippen LogP contribution in [0.2, 0.25) is 0 Å². The molecule has 2 aliphatic heterocycles. The Morgan fingerprint density at radius 1 is 1.29 bits per heavy atom. The summed E-state index contributed by atoms with van der Waals surface area (Å²) >= 11 is 5.91. The number of allylic oxidation sites excluding steroid dienone is 2. The SMILES string of the molecule is O=C1[C@H]2CC(Cl)=CC[C@H]2C(=O)N1[C@@H]1N=CN=N1. The van der Waals surface area contributed by atoms with Crippen LogP contribution in [0.3, 0.4) is 0 Å². The van der Waals surface area contributed by atoms with Crippen molar-refractivity contribution >= 4 is 29.8 Å². The molecule has 0 N–H and O–H groups in total. The van der Waals surface area contributed by atoms with Crippen LogP contribution in [-0.4, -0.2) is 29.3 Å². The van der Waals surface area contributed by atoms with E-state index in [1.165, 1.54) is 6.34 Å². The second-order valence-electron chi connectivity index (χ2n) is 4.19. The number of hydrogen-bond donors (Lipinski definition) is 0. The quantitative estimate of drug-likeness (QED) is 0.660. The number of imide groups is 1. The second-order valence-corrected chi connectivity index (χ2v) is 4.68. The summed E-state index contributed by atoms with van der Waals surface area (Å²) in [6, 6.07) is 0. The van der Waals surface area contributed by atoms with E-state index in [4.69, 9.17) is 11.6 Å². The summed E-state index contributed by atoms with van der Waals surface area (Å²) in [6.45, 7) is 0. The summed E-state index contributed by atoms with van der Waals surface area (Å²) in [4.78, 5) is 29.2. The van der Waals surface area contributed by atoms with Gasteiger partial charge in [0.15, 0.2) is 0 Å². The third-order valence-electron chi connectivity index (χ3n) is 3.26. The summed E-state index contributed by atoms with van der Waals surface area (Å²) in [5.41, 5.74) is 0. The van der Waals surface area contributed by atoms with Crippen LogP contribution in [0.4, 0.5) is 0 Å². The van der Waals surface area contributed by atoms with Gasteiger partial charge in [0.05, 0.1) is 11.8 Å². The van der Waals surface area contributed by atoms with E-state index in [9.17, 15) is 9.59 Å². The molecule has 0 radical (unpaired) electrons. The zero-order valence-corrected chi connectivity index (χ0v) is 9.54. The lowest BCUT2D eigenvalue weighted by Crippen LogP contribution is -2.37. The van der Waals surface area contributed by atoms with Gasteiger partial charge in [-0.3, -0.25) is 9.59 Å². The van der Waals surface area contributed by atoms with Gasteiger partial charge in [0.25, 0.3) is 0 Å². The molecule has 0 aromatic carbocycles. The minimum absolute atomic E-state index is 0.219. The number of hydrogen-bond acceptors (Lipinski definition) is 5. The maximum absolute atomic E-state index is 12.1. The lowest BCUT2D eigenvalue weighted by Gasteiger charge is -2.17. The molecule has 1 aliphatic carbocycles. The van der Waals surface area contributed by atoms with Crippen molar-refractivity contribution in [1.29, 1.82) is 0 Å². The summed E-state index contributed by atoms with van der Waals surface area (Å²) in [7, 11) is 0. The van der Waals surface area contributed by atoms with Crippen LogP contribution in [0.5, 0.6) is 0 Å². The number of likely N-dealkylation sites (tertiary alicyclic amines) is 1. The van der Waals surface area contributed by atoms with Gasteiger partial charge in [-0.15, -0.1) is 10.2 Å². The first-order chi connectivity index (χ1) is 8.18. The van der Waals surface area contributed by atoms with Gasteiger partial charge in [-0.1, -0.05) is 17.7 Å². The van der Waals surface area contributed by atoms with E-state index in [1.54, 1.807) is 6.08 Å². The van der Waals surface area contributed by atoms with E-state index < -0.39 is 6.29 Å². The predicted octanol–water partition coefficient (Wildman–Crippen LogP) is 1.28. The third-order valence-corrected chi connectivity index (χ3v) is 3.56. The molecule has 0 saturated carbocycles. The molecule has 6 nitrogen and oxygen atoms in total. The van der Waals surface area contributed by atoms with E-state index in [0.29, 0.717) is 17.9 Å². The van der Waals surface area contributed by atoms with E-state index >= 15 is 0 Å². The molecule has 0 unspecified atom stereocenters. The zero-order chi connectivity index (χ0) is 12.0. The molecule has 2 amide bonds. The number of rotatable bonds is 1. The first-order valence-corrected chi connectivity index (χ1v) is 5.69. The standard InChI is InChI=1S/C10H9ClN4O2/c11-5-1-2-6-7(3-5)9(17)15(8(6)16)10-12-4-13-14-10/h1,4,6-7,10H,2-3H2/t6-,7+,10-/m1/s1. The van der Waals surface area contributed by atoms with Crippen molar-refractivity contribution in [2.75, 3.05) is 0 Å². The van der Waals surface area contributed by atoms with Crippen LogP contribution in [0.15, 0.2) is 26.3 Å². The Kier molecular flexibility index (Phi) is 2.32. The van der Waals surface area contributed by atoms with Crippen LogP contribution in [0, 0.1) is 11.8 Å². The highest BCUT2D eigenvalue weighted by Gasteiger charge is 2.51. The summed E-state index contributed by atoms with van der Waals surface area (Å²) in [5.74, 6) is -1.13. The molecule has 3 rings (SSSR count). The molecule has 0 spiro atoms. The fourth-order valence-corrected chi connectivity index (χ4v) is 2.66. The van der Waals surface area contributed by atoms with Crippen LogP contribution < -0.4 is 0 Å². The first kappa shape index (κ1) is 10.6. The van der Waals surface area contributed by atoms with Crippen molar-refractivity contribution in [3.63, 3.8) is 0 Å². The zero-order valence-electron chi connectivity index (χ0n) is 8.78. The Hall–Kier alpha value is -1.56. The van der Waals surface area contributed by atoms with Gasteiger partial charge in [-0.2, -0.15) is 0 Å². The van der Waals surface area contributed by atoms with Crippen molar-refractivity contribution in [3.05, 3.63) is 11.1 Å². The van der Waals surface area contributed by atoms with Crippen LogP contribution in [0.1, 0.15) is 12.8 Å². The fraction of sp³-hybridized carbons (Fsp3) is 0.500. The van der Waals surface area contributed by atoms with Crippen molar-refractivity contribution in [2.24, 2.45) is 27.1 Å². The normalized spacial score (nSPS) is 35.5. The Morgan fingerprint density at radius 2 is 2.06 bits per heavy atom. The van der Waals surface area contributed by atoms with E-state index in [1.807, 2.05) is 0 Å². The molecule has 88 valence electrons. The minimum Gasteiger partial charge on any atom is -0.274 e. The largest absolute Gasteiger partial charge is 0.274 e. The third kappa shape index (κ3) is 1.51. The molecular weight excluding hydrogens is 244 g/mol. The molecular formula is C10H9ClN4O2. The van der Waals surface area contributed by atoms with Gasteiger partial charge >= 0.3 is 0 Å². The maximum Gasteiger partial charge on any atom is 0.246 e. The number of carbonyl (C=O) groups is 2. The number of azo groups is 1. The van der Waals surface area contributed by atoms with E-state index in [-0.39, 0.29) is 23.7 Å². The maximum atomic E-state index is 12.1. The van der Waals surface area contributed by atoms with Gasteiger partial charge < -0.3 is 0 Å². The second kappa shape index (κ2) is 3.73.